The normalized spacial score (nSPS) is 17.5. The summed E-state index contributed by atoms with van der Waals surface area (Å²) in [5, 5.41) is 0. The van der Waals surface area contributed by atoms with E-state index in [0.717, 1.165) is 12.1 Å². The van der Waals surface area contributed by atoms with E-state index in [1.165, 1.54) is 24.1 Å². The molecule has 1 saturated heterocycles. The zero-order chi connectivity index (χ0) is 16.3. The number of carbonyl (C=O) groups is 2. The van der Waals surface area contributed by atoms with Gasteiger partial charge in [-0.3, -0.25) is 14.5 Å². The second kappa shape index (κ2) is 6.39. The van der Waals surface area contributed by atoms with Gasteiger partial charge in [0.05, 0.1) is 13.1 Å². The van der Waals surface area contributed by atoms with Gasteiger partial charge in [0, 0.05) is 6.42 Å². The van der Waals surface area contributed by atoms with E-state index in [0.29, 0.717) is 0 Å². The van der Waals surface area contributed by atoms with Gasteiger partial charge >= 0.3 is 24.9 Å². The van der Waals surface area contributed by atoms with Crippen molar-refractivity contribution in [1.29, 1.82) is 0 Å². The highest BCUT2D eigenvalue weighted by atomic mass is 19.3. The van der Waals surface area contributed by atoms with E-state index < -0.39 is 37.1 Å². The molecule has 0 N–H and O–H groups in total. The van der Waals surface area contributed by atoms with Crippen molar-refractivity contribution in [3.63, 3.8) is 0 Å². The Labute approximate surface area is 125 Å². The van der Waals surface area contributed by atoms with Gasteiger partial charge in [-0.1, -0.05) is 12.1 Å². The summed E-state index contributed by atoms with van der Waals surface area (Å²) >= 11 is 0. The van der Waals surface area contributed by atoms with E-state index in [2.05, 4.69) is 9.31 Å². The van der Waals surface area contributed by atoms with Crippen molar-refractivity contribution < 1.29 is 32.1 Å². The summed E-state index contributed by atoms with van der Waals surface area (Å²) in [6, 6.07) is 4.44. The van der Waals surface area contributed by atoms with Crippen LogP contribution >= 0.6 is 0 Å². The number of benzene rings is 1. The second-order valence-corrected chi connectivity index (χ2v) is 5.05. The zero-order valence-electron chi connectivity index (χ0n) is 11.7. The fraction of sp³-hybridized carbons (Fsp3) is 0.385. The topological polar surface area (TPSA) is 55.8 Å². The lowest BCUT2D eigenvalue weighted by atomic mass is 9.75. The molecule has 0 amide bonds. The standard InChI is InChI=1S/C13H13BF3NO4/c1-18-7-11(19)21-14(22-12(20)8-18)13(16,17)6-9-2-4-10(15)5-3-9/h2-5H,6-8H2,1H3. The van der Waals surface area contributed by atoms with E-state index in [9.17, 15) is 22.8 Å². The van der Waals surface area contributed by atoms with E-state index >= 15 is 0 Å². The summed E-state index contributed by atoms with van der Waals surface area (Å²) in [5.74, 6) is -6.02. The quantitative estimate of drug-likeness (QED) is 0.781. The van der Waals surface area contributed by atoms with Crippen LogP contribution in [0, 0.1) is 5.82 Å². The van der Waals surface area contributed by atoms with Crippen molar-refractivity contribution in [2.45, 2.75) is 12.2 Å². The summed E-state index contributed by atoms with van der Waals surface area (Å²) in [5.41, 5.74) is 0.123. The molecule has 5 nitrogen and oxygen atoms in total. The minimum Gasteiger partial charge on any atom is -0.494 e. The van der Waals surface area contributed by atoms with Crippen molar-refractivity contribution in [1.82, 2.24) is 4.90 Å². The third-order valence-electron chi connectivity index (χ3n) is 2.97. The van der Waals surface area contributed by atoms with Crippen LogP contribution in [-0.4, -0.2) is 49.9 Å². The van der Waals surface area contributed by atoms with Crippen LogP contribution < -0.4 is 0 Å². The molecule has 0 bridgehead atoms. The minimum atomic E-state index is -3.63. The highest BCUT2D eigenvalue weighted by Crippen LogP contribution is 2.26. The number of likely N-dealkylation sites (N-methyl/N-ethyl adjacent to an activating group) is 1. The van der Waals surface area contributed by atoms with Gasteiger partial charge < -0.3 is 9.31 Å². The lowest BCUT2D eigenvalue weighted by Crippen LogP contribution is -2.52. The first kappa shape index (κ1) is 16.3. The first-order valence-electron chi connectivity index (χ1n) is 6.46. The SMILES string of the molecule is CN1CC(=O)OB(C(F)(F)Cc2ccc(F)cc2)OC(=O)C1. The molecule has 1 aromatic carbocycles. The molecule has 118 valence electrons. The number of halogens is 3. The van der Waals surface area contributed by atoms with E-state index in [4.69, 9.17) is 0 Å². The fourth-order valence-corrected chi connectivity index (χ4v) is 1.96. The van der Waals surface area contributed by atoms with Gasteiger partial charge in [-0.05, 0) is 24.7 Å². The molecule has 0 atom stereocenters. The molecule has 9 heteroatoms. The average Bonchev–Trinajstić information content (AvgIpc) is 2.38. The highest BCUT2D eigenvalue weighted by Gasteiger charge is 2.54. The third kappa shape index (κ3) is 4.23. The average molecular weight is 315 g/mol. The largest absolute Gasteiger partial charge is 0.674 e. The Balaban J connectivity index is 2.13. The Kier molecular flexibility index (Phi) is 4.75. The van der Waals surface area contributed by atoms with Crippen molar-refractivity contribution in [3.8, 4) is 0 Å². The summed E-state index contributed by atoms with van der Waals surface area (Å²) in [6.07, 6.45) is -0.853. The zero-order valence-corrected chi connectivity index (χ0v) is 11.7. The van der Waals surface area contributed by atoms with Gasteiger partial charge in [0.25, 0.3) is 0 Å². The summed E-state index contributed by atoms with van der Waals surface area (Å²) in [4.78, 5) is 24.2. The molecule has 1 aliphatic heterocycles. The first-order chi connectivity index (χ1) is 10.3. The van der Waals surface area contributed by atoms with Crippen LogP contribution in [0.25, 0.3) is 0 Å². The Morgan fingerprint density at radius 2 is 1.64 bits per heavy atom. The number of rotatable bonds is 3. The molecule has 0 saturated carbocycles. The number of hydrogen-bond acceptors (Lipinski definition) is 5. The molecule has 22 heavy (non-hydrogen) atoms. The van der Waals surface area contributed by atoms with Crippen molar-refractivity contribution in [2.75, 3.05) is 20.1 Å². The number of hydrogen-bond donors (Lipinski definition) is 0. The molecule has 1 aromatic rings. The van der Waals surface area contributed by atoms with Gasteiger partial charge in [-0.2, -0.15) is 0 Å². The van der Waals surface area contributed by atoms with Crippen LogP contribution in [0.5, 0.6) is 0 Å². The van der Waals surface area contributed by atoms with Crippen LogP contribution in [0.15, 0.2) is 24.3 Å². The Hall–Kier alpha value is -2.03. The second-order valence-electron chi connectivity index (χ2n) is 5.05. The summed E-state index contributed by atoms with van der Waals surface area (Å²) in [7, 11) is -0.842. The predicted octanol–water partition coefficient (Wildman–Crippen LogP) is 1.06. The highest BCUT2D eigenvalue weighted by molar-refractivity contribution is 6.52. The molecule has 2 rings (SSSR count). The lowest BCUT2D eigenvalue weighted by Gasteiger charge is -2.26. The molecule has 1 fully saturated rings. The van der Waals surface area contributed by atoms with Crippen molar-refractivity contribution >= 4 is 19.1 Å². The van der Waals surface area contributed by atoms with E-state index in [1.54, 1.807) is 0 Å². The van der Waals surface area contributed by atoms with Crippen LogP contribution in [-0.2, 0) is 25.3 Å². The van der Waals surface area contributed by atoms with Gasteiger partial charge in [0.15, 0.2) is 0 Å². The molecular weight excluding hydrogens is 302 g/mol. The molecule has 0 spiro atoms. The van der Waals surface area contributed by atoms with Gasteiger partial charge in [0.1, 0.15) is 5.82 Å². The number of nitrogens with zero attached hydrogens (tertiary/aromatic N) is 1. The number of alkyl halides is 2. The van der Waals surface area contributed by atoms with Crippen LogP contribution in [0.3, 0.4) is 0 Å². The fourth-order valence-electron chi connectivity index (χ4n) is 1.96. The van der Waals surface area contributed by atoms with E-state index in [1.807, 2.05) is 0 Å². The van der Waals surface area contributed by atoms with Gasteiger partial charge in [-0.25, -0.2) is 13.2 Å². The van der Waals surface area contributed by atoms with Crippen LogP contribution in [0.4, 0.5) is 13.2 Å². The molecular formula is C13H13BF3NO4. The Bertz CT molecular complexity index is 547. The molecule has 0 aromatic heterocycles. The van der Waals surface area contributed by atoms with Gasteiger partial charge in [-0.15, -0.1) is 0 Å². The monoisotopic (exact) mass is 315 g/mol. The first-order valence-corrected chi connectivity index (χ1v) is 6.46. The third-order valence-corrected chi connectivity index (χ3v) is 2.97. The Morgan fingerprint density at radius 3 is 2.14 bits per heavy atom. The van der Waals surface area contributed by atoms with Gasteiger partial charge in [0.2, 0.25) is 0 Å². The molecule has 1 aliphatic rings. The molecule has 0 radical (unpaired) electrons. The smallest absolute Gasteiger partial charge is 0.494 e. The Morgan fingerprint density at radius 1 is 1.14 bits per heavy atom. The molecule has 1 heterocycles. The summed E-state index contributed by atoms with van der Waals surface area (Å²) < 4.78 is 50.3. The van der Waals surface area contributed by atoms with Crippen LogP contribution in [0.1, 0.15) is 5.56 Å². The minimum absolute atomic E-state index is 0.123. The maximum absolute atomic E-state index is 14.2. The maximum atomic E-state index is 14.2. The predicted molar refractivity (Wildman–Crippen MR) is 70.5 cm³/mol. The molecule has 0 aliphatic carbocycles. The summed E-state index contributed by atoms with van der Waals surface area (Å²) in [6.45, 7) is -0.587. The van der Waals surface area contributed by atoms with Crippen molar-refractivity contribution in [2.24, 2.45) is 0 Å². The maximum Gasteiger partial charge on any atom is 0.674 e. The van der Waals surface area contributed by atoms with Crippen LogP contribution in [0.2, 0.25) is 0 Å². The lowest BCUT2D eigenvalue weighted by molar-refractivity contribution is -0.149. The van der Waals surface area contributed by atoms with E-state index in [-0.39, 0.29) is 18.7 Å². The molecule has 0 unspecified atom stereocenters. The van der Waals surface area contributed by atoms with Crippen molar-refractivity contribution in [3.05, 3.63) is 35.6 Å². The number of carbonyl (C=O) groups excluding carboxylic acids is 2.